The van der Waals surface area contributed by atoms with Crippen molar-refractivity contribution in [1.82, 2.24) is 0 Å². The Morgan fingerprint density at radius 1 is 0.727 bits per heavy atom. The first-order chi connectivity index (χ1) is 21.1. The molecule has 3 rings (SSSR count). The Labute approximate surface area is 251 Å². The molecule has 0 aliphatic heterocycles. The minimum Gasteiger partial charge on any atom is -0.491 e. The number of benzene rings is 3. The molecule has 0 aromatic heterocycles. The summed E-state index contributed by atoms with van der Waals surface area (Å²) in [6, 6.07) is 18.5. The highest BCUT2D eigenvalue weighted by Crippen LogP contribution is 2.14. The maximum absolute atomic E-state index is 12.3. The Kier molecular flexibility index (Phi) is 11.1. The van der Waals surface area contributed by atoms with Crippen molar-refractivity contribution in [3.05, 3.63) is 111 Å². The average Bonchev–Trinajstić information content (AvgIpc) is 3.03. The Morgan fingerprint density at radius 3 is 1.55 bits per heavy atom. The molecule has 3 aromatic rings. The Balaban J connectivity index is 1.80. The van der Waals surface area contributed by atoms with Crippen molar-refractivity contribution in [1.29, 1.82) is 10.5 Å². The SMILES string of the molecule is [C-]#[N+]/C(C#N)=c1/cc(OCCOC(=O)c2ccc(S(=O)(=O)O)cc2)/c(=C(\C#N)[N+]#[C-])cc1OCCOC(=O)c1ccccc1. The molecule has 0 radical (unpaired) electrons. The third kappa shape index (κ3) is 8.41. The number of carbonyl (C=O) groups excluding carboxylic acids is 2. The first-order valence-electron chi connectivity index (χ1n) is 12.3. The van der Waals surface area contributed by atoms with E-state index in [1.807, 2.05) is 0 Å². The number of carbonyl (C=O) groups is 2. The van der Waals surface area contributed by atoms with E-state index in [2.05, 4.69) is 9.69 Å². The van der Waals surface area contributed by atoms with E-state index >= 15 is 0 Å². The highest BCUT2D eigenvalue weighted by Gasteiger charge is 2.15. The van der Waals surface area contributed by atoms with E-state index in [-0.39, 0.29) is 53.9 Å². The predicted molar refractivity (Wildman–Crippen MR) is 151 cm³/mol. The molecule has 1 N–H and O–H groups in total. The second-order valence-corrected chi connectivity index (χ2v) is 9.74. The largest absolute Gasteiger partial charge is 0.491 e. The molecule has 0 unspecified atom stereocenters. The third-order valence-corrected chi connectivity index (χ3v) is 6.44. The van der Waals surface area contributed by atoms with E-state index in [4.69, 9.17) is 36.6 Å². The summed E-state index contributed by atoms with van der Waals surface area (Å²) in [7, 11) is -4.44. The molecule has 0 atom stereocenters. The molecule has 0 fully saturated rings. The first-order valence-corrected chi connectivity index (χ1v) is 13.8. The molecular weight excluding hydrogens is 592 g/mol. The lowest BCUT2D eigenvalue weighted by atomic mass is 10.1. The fourth-order valence-corrected chi connectivity index (χ4v) is 4.02. The van der Waals surface area contributed by atoms with Crippen LogP contribution in [0.3, 0.4) is 0 Å². The van der Waals surface area contributed by atoms with Gasteiger partial charge in [-0.15, -0.1) is 0 Å². The molecule has 3 aromatic carbocycles. The van der Waals surface area contributed by atoms with Gasteiger partial charge in [0.15, 0.2) is 0 Å². The first kappa shape index (κ1) is 32.3. The molecule has 0 aliphatic carbocycles. The summed E-state index contributed by atoms with van der Waals surface area (Å²) in [4.78, 5) is 30.5. The zero-order chi connectivity index (χ0) is 32.1. The zero-order valence-corrected chi connectivity index (χ0v) is 23.4. The van der Waals surface area contributed by atoms with Crippen molar-refractivity contribution < 1.29 is 41.5 Å². The van der Waals surface area contributed by atoms with Crippen LogP contribution in [0.2, 0.25) is 0 Å². The summed E-state index contributed by atoms with van der Waals surface area (Å²) in [5.41, 5.74) is -0.464. The summed E-state index contributed by atoms with van der Waals surface area (Å²) in [5.74, 6) is -1.55. The second kappa shape index (κ2) is 15.2. The van der Waals surface area contributed by atoms with Crippen LogP contribution in [0.4, 0.5) is 0 Å². The summed E-state index contributed by atoms with van der Waals surface area (Å²) in [6.07, 6.45) is 0. The van der Waals surface area contributed by atoms with Gasteiger partial charge in [-0.1, -0.05) is 18.2 Å². The summed E-state index contributed by atoms with van der Waals surface area (Å²) in [5, 5.41) is 19.0. The van der Waals surface area contributed by atoms with Gasteiger partial charge < -0.3 is 18.9 Å². The highest BCUT2D eigenvalue weighted by atomic mass is 32.2. The van der Waals surface area contributed by atoms with E-state index in [1.54, 1.807) is 42.5 Å². The topological polar surface area (TPSA) is 182 Å². The van der Waals surface area contributed by atoms with Crippen molar-refractivity contribution in [2.45, 2.75) is 4.90 Å². The van der Waals surface area contributed by atoms with Gasteiger partial charge in [0, 0.05) is 10.4 Å². The fraction of sp³-hybridized carbons (Fsp3) is 0.133. The van der Waals surface area contributed by atoms with Crippen molar-refractivity contribution in [2.75, 3.05) is 26.4 Å². The molecule has 0 heterocycles. The minimum absolute atomic E-state index is 0.00486. The van der Waals surface area contributed by atoms with E-state index < -0.39 is 38.3 Å². The molecule has 0 spiro atoms. The van der Waals surface area contributed by atoms with Crippen LogP contribution in [0.25, 0.3) is 21.1 Å². The summed E-state index contributed by atoms with van der Waals surface area (Å²) < 4.78 is 53.0. The molecular formula is C30H20N4O9S. The van der Waals surface area contributed by atoms with Crippen LogP contribution in [0.1, 0.15) is 20.7 Å². The Bertz CT molecular complexity index is 1930. The van der Waals surface area contributed by atoms with Crippen LogP contribution < -0.4 is 19.9 Å². The van der Waals surface area contributed by atoms with Crippen LogP contribution in [0.15, 0.2) is 71.6 Å². The van der Waals surface area contributed by atoms with Gasteiger partial charge >= 0.3 is 11.9 Å². The van der Waals surface area contributed by atoms with Gasteiger partial charge in [-0.2, -0.15) is 8.42 Å². The maximum atomic E-state index is 12.3. The van der Waals surface area contributed by atoms with E-state index in [1.165, 1.54) is 12.1 Å². The predicted octanol–water partition coefficient (Wildman–Crippen LogP) is 2.51. The molecule has 220 valence electrons. The molecule has 13 nitrogen and oxygen atoms in total. The third-order valence-electron chi connectivity index (χ3n) is 5.57. The number of nitriles is 2. The van der Waals surface area contributed by atoms with E-state index in [0.29, 0.717) is 5.56 Å². The molecule has 0 saturated heterocycles. The molecule has 44 heavy (non-hydrogen) atoms. The van der Waals surface area contributed by atoms with Gasteiger partial charge in [0.2, 0.25) is 0 Å². The lowest BCUT2D eigenvalue weighted by Gasteiger charge is -2.13. The van der Waals surface area contributed by atoms with Gasteiger partial charge in [-0.3, -0.25) is 4.55 Å². The van der Waals surface area contributed by atoms with Gasteiger partial charge in [0.05, 0.1) is 41.3 Å². The van der Waals surface area contributed by atoms with Crippen molar-refractivity contribution >= 4 is 33.5 Å². The number of rotatable bonds is 11. The quantitative estimate of drug-likeness (QED) is 0.145. The highest BCUT2D eigenvalue weighted by molar-refractivity contribution is 7.85. The molecule has 0 aliphatic rings. The molecule has 0 saturated carbocycles. The van der Waals surface area contributed by atoms with Gasteiger partial charge in [0.1, 0.15) is 37.9 Å². The lowest BCUT2D eigenvalue weighted by molar-refractivity contribution is 0.0440. The normalized spacial score (nSPS) is 11.8. The number of hydrogen-bond donors (Lipinski definition) is 1. The second-order valence-electron chi connectivity index (χ2n) is 8.32. The Hall–Kier alpha value is -6.19. The molecule has 0 amide bonds. The number of ether oxygens (including phenoxy) is 4. The van der Waals surface area contributed by atoms with Crippen LogP contribution in [-0.2, 0) is 19.6 Å². The van der Waals surface area contributed by atoms with Crippen molar-refractivity contribution in [3.8, 4) is 23.6 Å². The van der Waals surface area contributed by atoms with Crippen LogP contribution in [0, 0.1) is 35.8 Å². The number of esters is 2. The molecule has 14 heteroatoms. The Morgan fingerprint density at radius 2 is 1.16 bits per heavy atom. The van der Waals surface area contributed by atoms with Crippen molar-refractivity contribution in [2.24, 2.45) is 0 Å². The summed E-state index contributed by atoms with van der Waals surface area (Å²) in [6.45, 7) is 13.8. The van der Waals surface area contributed by atoms with Crippen molar-refractivity contribution in [3.63, 3.8) is 0 Å². The molecule has 0 bridgehead atoms. The number of hydrogen-bond acceptors (Lipinski definition) is 10. The van der Waals surface area contributed by atoms with Crippen LogP contribution >= 0.6 is 0 Å². The smallest absolute Gasteiger partial charge is 0.338 e. The van der Waals surface area contributed by atoms with Gasteiger partial charge in [-0.25, -0.2) is 29.8 Å². The van der Waals surface area contributed by atoms with Gasteiger partial charge in [-0.05, 0) is 48.5 Å². The number of nitrogens with zero attached hydrogens (tertiary/aromatic N) is 4. The standard InChI is InChI=1S/C30H20N4O9S/c1-33-25(18-31)23-17-28(41-13-15-43-30(36)21-8-10-22(11-9-21)44(37,38)39)24(26(19-32)34-2)16-27(23)40-12-14-42-29(35)20-6-4-3-5-7-20/h3-11,16-17H,12-15H2,(H,37,38,39)/b25-23-,26-24+. The lowest BCUT2D eigenvalue weighted by Crippen LogP contribution is -2.23. The zero-order valence-electron chi connectivity index (χ0n) is 22.6. The van der Waals surface area contributed by atoms with Crippen LogP contribution in [0.5, 0.6) is 11.5 Å². The van der Waals surface area contributed by atoms with Crippen LogP contribution in [-0.4, -0.2) is 51.3 Å². The monoisotopic (exact) mass is 612 g/mol. The fourth-order valence-electron chi connectivity index (χ4n) is 3.54. The average molecular weight is 613 g/mol. The van der Waals surface area contributed by atoms with E-state index in [0.717, 1.165) is 24.3 Å². The van der Waals surface area contributed by atoms with Gasteiger partial charge in [0.25, 0.3) is 21.5 Å². The maximum Gasteiger partial charge on any atom is 0.338 e. The van der Waals surface area contributed by atoms with E-state index in [9.17, 15) is 28.5 Å². The minimum atomic E-state index is -4.44. The summed E-state index contributed by atoms with van der Waals surface area (Å²) >= 11 is 0.